The van der Waals surface area contributed by atoms with Gasteiger partial charge < -0.3 is 18.1 Å². The highest BCUT2D eigenvalue weighted by molar-refractivity contribution is 7.85. The molecular weight excluding hydrogens is 570 g/mol. The van der Waals surface area contributed by atoms with Gasteiger partial charge in [0.25, 0.3) is 0 Å². The lowest BCUT2D eigenvalue weighted by Gasteiger charge is -2.26. The number of allylic oxidation sites excluding steroid dienone is 7. The highest BCUT2D eigenvalue weighted by Crippen LogP contribution is 2.51. The molecule has 3 aromatic rings. The van der Waals surface area contributed by atoms with E-state index in [1.807, 2.05) is 113 Å². The quantitative estimate of drug-likeness (QED) is 0.0740. The van der Waals surface area contributed by atoms with Crippen LogP contribution in [0.15, 0.2) is 138 Å². The summed E-state index contributed by atoms with van der Waals surface area (Å²) in [6.45, 7) is 15.9. The van der Waals surface area contributed by atoms with E-state index >= 15 is 4.57 Å². The second-order valence-corrected chi connectivity index (χ2v) is 13.8. The fraction of sp³-hybridized carbons (Fsp3) is 0.243. The van der Waals surface area contributed by atoms with Gasteiger partial charge in [-0.05, 0) is 76.5 Å². The Bertz CT molecular complexity index is 1530. The second-order valence-electron chi connectivity index (χ2n) is 10.1. The Morgan fingerprint density at radius 2 is 1.49 bits per heavy atom. The van der Waals surface area contributed by atoms with Crippen molar-refractivity contribution < 1.29 is 18.1 Å². The predicted octanol–water partition coefficient (Wildman–Crippen LogP) is 10.2. The fourth-order valence-corrected chi connectivity index (χ4v) is 8.75. The molecule has 6 heteroatoms. The van der Waals surface area contributed by atoms with Gasteiger partial charge in [-0.25, -0.2) is 0 Å². The van der Waals surface area contributed by atoms with Crippen LogP contribution in [0.1, 0.15) is 59.9 Å². The predicted molar refractivity (Wildman–Crippen MR) is 185 cm³/mol. The molecule has 43 heavy (non-hydrogen) atoms. The standard InChI is InChI=1S/C37H44O4P2/c1-8-20-31-22-16-18-26-36(31)43(38,33-23-14-13-15-24-33)37-27-19-17-25-35(37)41-42(39-32(12-5)28-29(6)10-3)40-34(21-9-2)30(7)11-4/h9-19,21-27H,2,8,20,28H2,1,3-7H3/b29-10-,30-11-,32-12+,34-21+. The van der Waals surface area contributed by atoms with Crippen molar-refractivity contribution >= 4 is 31.7 Å². The minimum absolute atomic E-state index is 0.460. The average Bonchev–Trinajstić information content (AvgIpc) is 3.04. The van der Waals surface area contributed by atoms with Gasteiger partial charge in [0.2, 0.25) is 0 Å². The maximum Gasteiger partial charge on any atom is 0.529 e. The van der Waals surface area contributed by atoms with E-state index < -0.39 is 15.7 Å². The highest BCUT2D eigenvalue weighted by Gasteiger charge is 2.36. The number of benzene rings is 3. The van der Waals surface area contributed by atoms with Crippen molar-refractivity contribution in [3.8, 4) is 5.75 Å². The average molecular weight is 615 g/mol. The zero-order chi connectivity index (χ0) is 31.2. The molecule has 0 fully saturated rings. The number of hydrogen-bond acceptors (Lipinski definition) is 4. The molecule has 0 amide bonds. The van der Waals surface area contributed by atoms with Crippen LogP contribution in [0.4, 0.5) is 0 Å². The molecule has 4 nitrogen and oxygen atoms in total. The first-order valence-electron chi connectivity index (χ1n) is 14.7. The van der Waals surface area contributed by atoms with E-state index in [9.17, 15) is 0 Å². The number of aryl methyl sites for hydroxylation is 1. The van der Waals surface area contributed by atoms with Gasteiger partial charge in [0.15, 0.2) is 7.14 Å². The van der Waals surface area contributed by atoms with E-state index in [0.717, 1.165) is 45.9 Å². The van der Waals surface area contributed by atoms with Crippen molar-refractivity contribution in [3.63, 3.8) is 0 Å². The van der Waals surface area contributed by atoms with Crippen LogP contribution in [-0.4, -0.2) is 0 Å². The lowest BCUT2D eigenvalue weighted by atomic mass is 10.1. The van der Waals surface area contributed by atoms with Gasteiger partial charge >= 0.3 is 8.60 Å². The molecule has 226 valence electrons. The molecule has 0 N–H and O–H groups in total. The molecule has 0 aliphatic carbocycles. The first-order valence-corrected chi connectivity index (χ1v) is 17.5. The van der Waals surface area contributed by atoms with Gasteiger partial charge in [0.1, 0.15) is 17.3 Å². The van der Waals surface area contributed by atoms with Crippen LogP contribution in [0.5, 0.6) is 5.75 Å². The zero-order valence-electron chi connectivity index (χ0n) is 26.2. The summed E-state index contributed by atoms with van der Waals surface area (Å²) in [5.74, 6) is 1.79. The molecular formula is C37H44O4P2. The second kappa shape index (κ2) is 16.9. The summed E-state index contributed by atoms with van der Waals surface area (Å²) >= 11 is 0. The summed E-state index contributed by atoms with van der Waals surface area (Å²) in [5.41, 5.74) is 3.15. The highest BCUT2D eigenvalue weighted by atomic mass is 31.2. The SMILES string of the molecule is C=C/C=C(OP(O/C(=C/C)C/C(C)=C\C)Oc1ccccc1P(=O)(c1ccccc1)c1ccccc1CCC)\C(C)=C/C. The normalized spacial score (nSPS) is 14.9. The third-order valence-corrected chi connectivity index (χ3v) is 11.3. The third-order valence-electron chi connectivity index (χ3n) is 7.07. The summed E-state index contributed by atoms with van der Waals surface area (Å²) in [6.07, 6.45) is 11.8. The van der Waals surface area contributed by atoms with E-state index in [1.54, 1.807) is 12.2 Å². The van der Waals surface area contributed by atoms with Crippen LogP contribution >= 0.6 is 15.7 Å². The van der Waals surface area contributed by atoms with Crippen LogP contribution in [0.3, 0.4) is 0 Å². The van der Waals surface area contributed by atoms with Crippen molar-refractivity contribution in [2.24, 2.45) is 0 Å². The minimum atomic E-state index is -3.37. The summed E-state index contributed by atoms with van der Waals surface area (Å²) in [6, 6.07) is 25.3. The van der Waals surface area contributed by atoms with Crippen molar-refractivity contribution in [2.45, 2.75) is 60.8 Å². The van der Waals surface area contributed by atoms with Gasteiger partial charge in [-0.15, -0.1) is 0 Å². The van der Waals surface area contributed by atoms with Crippen molar-refractivity contribution in [2.75, 3.05) is 0 Å². The van der Waals surface area contributed by atoms with Gasteiger partial charge in [-0.1, -0.05) is 110 Å². The van der Waals surface area contributed by atoms with E-state index in [1.165, 1.54) is 0 Å². The number of para-hydroxylation sites is 1. The van der Waals surface area contributed by atoms with E-state index in [4.69, 9.17) is 13.6 Å². The lowest BCUT2D eigenvalue weighted by Crippen LogP contribution is -2.28. The molecule has 0 radical (unpaired) electrons. The van der Waals surface area contributed by atoms with E-state index in [2.05, 4.69) is 32.6 Å². The number of hydrogen-bond donors (Lipinski definition) is 0. The van der Waals surface area contributed by atoms with Crippen LogP contribution in [-0.2, 0) is 20.0 Å². The van der Waals surface area contributed by atoms with E-state index in [0.29, 0.717) is 23.2 Å². The van der Waals surface area contributed by atoms with Crippen LogP contribution < -0.4 is 20.4 Å². The maximum absolute atomic E-state index is 15.7. The molecule has 0 aromatic heterocycles. The number of rotatable bonds is 15. The van der Waals surface area contributed by atoms with Crippen LogP contribution in [0, 0.1) is 0 Å². The Morgan fingerprint density at radius 3 is 2.12 bits per heavy atom. The first-order chi connectivity index (χ1) is 20.8. The van der Waals surface area contributed by atoms with Crippen molar-refractivity contribution in [1.29, 1.82) is 0 Å². The third kappa shape index (κ3) is 8.73. The fourth-order valence-electron chi connectivity index (χ4n) is 4.50. The smallest absolute Gasteiger partial charge is 0.413 e. The van der Waals surface area contributed by atoms with E-state index in [-0.39, 0.29) is 0 Å². The molecule has 3 rings (SSSR count). The lowest BCUT2D eigenvalue weighted by molar-refractivity contribution is 0.289. The molecule has 0 aliphatic heterocycles. The molecule has 2 atom stereocenters. The van der Waals surface area contributed by atoms with Gasteiger partial charge in [-0.3, -0.25) is 0 Å². The summed E-state index contributed by atoms with van der Waals surface area (Å²) in [7, 11) is -5.37. The van der Waals surface area contributed by atoms with Crippen molar-refractivity contribution in [1.82, 2.24) is 0 Å². The molecule has 0 saturated heterocycles. The van der Waals surface area contributed by atoms with Gasteiger partial charge in [-0.2, -0.15) is 0 Å². The zero-order valence-corrected chi connectivity index (χ0v) is 28.0. The molecule has 0 heterocycles. The Hall–Kier alpha value is -3.58. The molecule has 0 spiro atoms. The Morgan fingerprint density at radius 1 is 0.837 bits per heavy atom. The Labute approximate surface area is 259 Å². The summed E-state index contributed by atoms with van der Waals surface area (Å²) in [4.78, 5) is 0. The molecule has 0 saturated carbocycles. The van der Waals surface area contributed by atoms with Crippen molar-refractivity contribution in [3.05, 3.63) is 144 Å². The van der Waals surface area contributed by atoms with Crippen LogP contribution in [0.25, 0.3) is 0 Å². The topological polar surface area (TPSA) is 44.8 Å². The van der Waals surface area contributed by atoms with Gasteiger partial charge in [0.05, 0.1) is 5.30 Å². The summed E-state index contributed by atoms with van der Waals surface area (Å²) in [5, 5.41) is 2.17. The maximum atomic E-state index is 15.7. The molecule has 2 unspecified atom stereocenters. The monoisotopic (exact) mass is 614 g/mol. The molecule has 0 aliphatic rings. The van der Waals surface area contributed by atoms with Gasteiger partial charge in [0, 0.05) is 17.0 Å². The van der Waals surface area contributed by atoms with Crippen LogP contribution in [0.2, 0.25) is 0 Å². The Balaban J connectivity index is 2.21. The summed E-state index contributed by atoms with van der Waals surface area (Å²) < 4.78 is 35.2. The molecule has 0 bridgehead atoms. The molecule has 3 aromatic carbocycles. The Kier molecular flexibility index (Phi) is 13.3. The minimum Gasteiger partial charge on any atom is -0.413 e. The first kappa shape index (κ1) is 33.9. The largest absolute Gasteiger partial charge is 0.529 e.